The second-order valence-corrected chi connectivity index (χ2v) is 9.79. The number of nitrogens with one attached hydrogen (secondary N) is 3. The molecule has 0 unspecified atom stereocenters. The van der Waals surface area contributed by atoms with E-state index in [1.54, 1.807) is 18.6 Å². The van der Waals surface area contributed by atoms with Gasteiger partial charge in [-0.2, -0.15) is 5.10 Å². The van der Waals surface area contributed by atoms with Crippen molar-refractivity contribution >= 4 is 33.5 Å². The largest absolute Gasteiger partial charge is 0.337 e. The van der Waals surface area contributed by atoms with Crippen LogP contribution < -0.4 is 5.32 Å². The summed E-state index contributed by atoms with van der Waals surface area (Å²) < 4.78 is 0. The van der Waals surface area contributed by atoms with E-state index in [0.717, 1.165) is 75.6 Å². The molecule has 2 aromatic carbocycles. The summed E-state index contributed by atoms with van der Waals surface area (Å²) in [7, 11) is 0. The number of benzene rings is 2. The number of nitrogens with zero attached hydrogens (tertiary/aromatic N) is 4. The summed E-state index contributed by atoms with van der Waals surface area (Å²) in [6.45, 7) is 0. The molecule has 0 radical (unpaired) electrons. The van der Waals surface area contributed by atoms with Gasteiger partial charge in [0.2, 0.25) is 5.91 Å². The highest BCUT2D eigenvalue weighted by molar-refractivity contribution is 5.98. The molecule has 7 rings (SSSR count). The van der Waals surface area contributed by atoms with Gasteiger partial charge in [0.25, 0.3) is 0 Å². The van der Waals surface area contributed by atoms with Crippen LogP contribution >= 0.6 is 0 Å². The van der Waals surface area contributed by atoms with Gasteiger partial charge in [0, 0.05) is 41.0 Å². The summed E-state index contributed by atoms with van der Waals surface area (Å²) in [5, 5.41) is 11.7. The third-order valence-corrected chi connectivity index (χ3v) is 7.36. The highest BCUT2D eigenvalue weighted by atomic mass is 16.1. The summed E-state index contributed by atoms with van der Waals surface area (Å²) in [4.78, 5) is 29.6. The second kappa shape index (κ2) is 9.23. The number of para-hydroxylation sites is 1. The maximum Gasteiger partial charge on any atom is 0.227 e. The van der Waals surface area contributed by atoms with E-state index >= 15 is 0 Å². The van der Waals surface area contributed by atoms with Crippen LogP contribution in [0.25, 0.3) is 55.7 Å². The molecule has 0 aliphatic heterocycles. The Bertz CT molecular complexity index is 1780. The van der Waals surface area contributed by atoms with E-state index in [1.807, 2.05) is 48.7 Å². The van der Waals surface area contributed by atoms with Crippen molar-refractivity contribution in [1.29, 1.82) is 0 Å². The fourth-order valence-electron chi connectivity index (χ4n) is 5.38. The zero-order valence-electron chi connectivity index (χ0n) is 20.6. The molecule has 4 heterocycles. The maximum absolute atomic E-state index is 12.6. The lowest BCUT2D eigenvalue weighted by Crippen LogP contribution is -2.20. The Hall–Kier alpha value is -4.85. The van der Waals surface area contributed by atoms with Crippen molar-refractivity contribution in [1.82, 2.24) is 30.1 Å². The van der Waals surface area contributed by atoms with Crippen molar-refractivity contribution in [2.24, 2.45) is 5.92 Å². The van der Waals surface area contributed by atoms with Gasteiger partial charge in [0.1, 0.15) is 5.69 Å². The van der Waals surface area contributed by atoms with E-state index in [1.165, 1.54) is 0 Å². The smallest absolute Gasteiger partial charge is 0.227 e. The Balaban J connectivity index is 1.25. The van der Waals surface area contributed by atoms with Crippen LogP contribution in [0.15, 0.2) is 79.4 Å². The highest BCUT2D eigenvalue weighted by Gasteiger charge is 2.23. The predicted molar refractivity (Wildman–Crippen MR) is 148 cm³/mol. The van der Waals surface area contributed by atoms with Gasteiger partial charge in [-0.1, -0.05) is 31.0 Å². The second-order valence-electron chi connectivity index (χ2n) is 9.79. The quantitative estimate of drug-likeness (QED) is 0.256. The highest BCUT2D eigenvalue weighted by Crippen LogP contribution is 2.33. The van der Waals surface area contributed by atoms with Gasteiger partial charge >= 0.3 is 0 Å². The Kier molecular flexibility index (Phi) is 5.43. The average Bonchev–Trinajstić information content (AvgIpc) is 3.73. The molecular formula is C30H25N7O. The minimum absolute atomic E-state index is 0.0880. The number of aromatic nitrogens is 6. The lowest BCUT2D eigenvalue weighted by molar-refractivity contribution is -0.119. The van der Waals surface area contributed by atoms with Crippen molar-refractivity contribution in [2.45, 2.75) is 25.7 Å². The van der Waals surface area contributed by atoms with Crippen LogP contribution in [0.3, 0.4) is 0 Å². The molecule has 3 N–H and O–H groups in total. The van der Waals surface area contributed by atoms with Gasteiger partial charge in [-0.3, -0.25) is 19.9 Å². The van der Waals surface area contributed by atoms with Gasteiger partial charge in [0.15, 0.2) is 5.82 Å². The van der Waals surface area contributed by atoms with Crippen LogP contribution in [0, 0.1) is 5.92 Å². The van der Waals surface area contributed by atoms with Crippen LogP contribution in [0.5, 0.6) is 0 Å². The zero-order chi connectivity index (χ0) is 25.5. The summed E-state index contributed by atoms with van der Waals surface area (Å²) in [5.74, 6) is 0.886. The van der Waals surface area contributed by atoms with Crippen molar-refractivity contribution in [3.05, 3.63) is 79.4 Å². The number of amides is 1. The molecule has 1 amide bonds. The molecule has 0 bridgehead atoms. The number of anilines is 1. The van der Waals surface area contributed by atoms with Crippen molar-refractivity contribution in [3.8, 4) is 33.8 Å². The molecule has 0 atom stereocenters. The number of rotatable bonds is 5. The predicted octanol–water partition coefficient (Wildman–Crippen LogP) is 6.36. The van der Waals surface area contributed by atoms with Crippen molar-refractivity contribution < 1.29 is 4.79 Å². The van der Waals surface area contributed by atoms with Crippen molar-refractivity contribution in [2.75, 3.05) is 5.32 Å². The molecular weight excluding hydrogens is 474 g/mol. The van der Waals surface area contributed by atoms with E-state index < -0.39 is 0 Å². The molecule has 4 aromatic heterocycles. The normalized spacial score (nSPS) is 13.9. The number of carbonyl (C=O) groups is 1. The standard InChI is InChI=1S/C30H25N7O/c38-30(19-4-1-2-5-19)33-22-14-21(16-32-17-22)20-8-9-25-24(15-20)28(37-36-25)29-34-26-7-3-6-23(27(26)35-29)18-10-12-31-13-11-18/h3,6-17,19H,1-2,4-5H2,(H,33,38)(H,34,35)(H,36,37). The number of imidazole rings is 1. The van der Waals surface area contributed by atoms with Crippen molar-refractivity contribution in [3.63, 3.8) is 0 Å². The molecule has 1 fully saturated rings. The Labute approximate surface area is 218 Å². The number of H-pyrrole nitrogens is 2. The average molecular weight is 500 g/mol. The summed E-state index contributed by atoms with van der Waals surface area (Å²) in [6, 6.07) is 18.2. The molecule has 1 aliphatic rings. The molecule has 0 spiro atoms. The first-order chi connectivity index (χ1) is 18.7. The van der Waals surface area contributed by atoms with Crippen LogP contribution in [-0.2, 0) is 4.79 Å². The number of hydrogen-bond acceptors (Lipinski definition) is 5. The molecule has 6 aromatic rings. The van der Waals surface area contributed by atoms with E-state index in [2.05, 4.69) is 42.6 Å². The summed E-state index contributed by atoms with van der Waals surface area (Å²) >= 11 is 0. The van der Waals surface area contributed by atoms with E-state index in [9.17, 15) is 4.79 Å². The molecule has 1 aliphatic carbocycles. The Morgan fingerprint density at radius 3 is 2.61 bits per heavy atom. The third-order valence-electron chi connectivity index (χ3n) is 7.36. The number of carbonyl (C=O) groups excluding carboxylic acids is 1. The number of aromatic amines is 2. The molecule has 8 nitrogen and oxygen atoms in total. The first-order valence-corrected chi connectivity index (χ1v) is 12.9. The van der Waals surface area contributed by atoms with E-state index in [-0.39, 0.29) is 11.8 Å². The number of pyridine rings is 2. The van der Waals surface area contributed by atoms with Gasteiger partial charge < -0.3 is 10.3 Å². The third kappa shape index (κ3) is 4.00. The fourth-order valence-corrected chi connectivity index (χ4v) is 5.38. The zero-order valence-corrected chi connectivity index (χ0v) is 20.6. The van der Waals surface area contributed by atoms with E-state index in [0.29, 0.717) is 11.5 Å². The van der Waals surface area contributed by atoms with Gasteiger partial charge in [-0.25, -0.2) is 4.98 Å². The monoisotopic (exact) mass is 499 g/mol. The lowest BCUT2D eigenvalue weighted by Gasteiger charge is -2.11. The minimum Gasteiger partial charge on any atom is -0.337 e. The molecule has 8 heteroatoms. The minimum atomic E-state index is 0.0880. The first kappa shape index (κ1) is 22.4. The number of fused-ring (bicyclic) bond motifs is 2. The SMILES string of the molecule is O=C(Nc1cncc(-c2ccc3[nH]nc(-c4nc5c(-c6ccncc6)cccc5[nH]4)c3c2)c1)C1CCCC1. The van der Waals surface area contributed by atoms with Gasteiger partial charge in [0.05, 0.1) is 28.4 Å². The van der Waals surface area contributed by atoms with Crippen LogP contribution in [0.4, 0.5) is 5.69 Å². The van der Waals surface area contributed by atoms with Crippen LogP contribution in [0.1, 0.15) is 25.7 Å². The van der Waals surface area contributed by atoms with E-state index in [4.69, 9.17) is 4.98 Å². The summed E-state index contributed by atoms with van der Waals surface area (Å²) in [5.41, 5.74) is 8.21. The molecule has 38 heavy (non-hydrogen) atoms. The first-order valence-electron chi connectivity index (χ1n) is 12.9. The molecule has 0 saturated heterocycles. The number of hydrogen-bond donors (Lipinski definition) is 3. The topological polar surface area (TPSA) is 112 Å². The summed E-state index contributed by atoms with van der Waals surface area (Å²) in [6.07, 6.45) is 11.3. The van der Waals surface area contributed by atoms with Gasteiger partial charge in [-0.05, 0) is 60.4 Å². The van der Waals surface area contributed by atoms with Crippen LogP contribution in [-0.4, -0.2) is 36.0 Å². The maximum atomic E-state index is 12.6. The Morgan fingerprint density at radius 1 is 0.868 bits per heavy atom. The molecule has 186 valence electrons. The Morgan fingerprint density at radius 2 is 1.74 bits per heavy atom. The lowest BCUT2D eigenvalue weighted by atomic mass is 10.0. The van der Waals surface area contributed by atoms with Gasteiger partial charge in [-0.15, -0.1) is 0 Å². The fraction of sp³-hybridized carbons (Fsp3) is 0.167. The molecule has 1 saturated carbocycles. The van der Waals surface area contributed by atoms with Crippen LogP contribution in [0.2, 0.25) is 0 Å².